The van der Waals surface area contributed by atoms with E-state index in [1.165, 1.54) is 24.1 Å². The lowest BCUT2D eigenvalue weighted by molar-refractivity contribution is -0.141. The summed E-state index contributed by atoms with van der Waals surface area (Å²) in [5.74, 6) is -1.23. The van der Waals surface area contributed by atoms with Crippen LogP contribution < -0.4 is 5.32 Å². The van der Waals surface area contributed by atoms with Gasteiger partial charge in [0.2, 0.25) is 21.8 Å². The number of nitrogens with zero attached hydrogens (tertiary/aromatic N) is 2. The van der Waals surface area contributed by atoms with Gasteiger partial charge in [0.05, 0.1) is 12.8 Å². The molecule has 1 unspecified atom stereocenters. The van der Waals surface area contributed by atoms with Crippen LogP contribution in [-0.4, -0.2) is 61.9 Å². The van der Waals surface area contributed by atoms with Gasteiger partial charge in [-0.05, 0) is 29.7 Å². The normalized spacial score (nSPS) is 12.4. The number of benzene rings is 2. The number of carbonyl (C=O) groups is 2. The van der Waals surface area contributed by atoms with Gasteiger partial charge in [0.25, 0.3) is 0 Å². The minimum Gasteiger partial charge on any atom is -0.354 e. The highest BCUT2D eigenvalue weighted by molar-refractivity contribution is 7.88. The van der Waals surface area contributed by atoms with Gasteiger partial charge >= 0.3 is 0 Å². The van der Waals surface area contributed by atoms with Gasteiger partial charge in [-0.1, -0.05) is 62.2 Å². The number of sulfonamides is 1. The molecular formula is C25H34FN3O4S. The van der Waals surface area contributed by atoms with E-state index < -0.39 is 34.3 Å². The number of amides is 2. The highest BCUT2D eigenvalue weighted by Crippen LogP contribution is 2.16. The third kappa shape index (κ3) is 8.87. The number of rotatable bonds is 13. The first-order valence-electron chi connectivity index (χ1n) is 11.4. The van der Waals surface area contributed by atoms with Crippen molar-refractivity contribution in [3.63, 3.8) is 0 Å². The van der Waals surface area contributed by atoms with Crippen molar-refractivity contribution < 1.29 is 22.4 Å². The highest BCUT2D eigenvalue weighted by atomic mass is 32.2. The van der Waals surface area contributed by atoms with Gasteiger partial charge in [0, 0.05) is 26.6 Å². The summed E-state index contributed by atoms with van der Waals surface area (Å²) in [4.78, 5) is 28.0. The lowest BCUT2D eigenvalue weighted by Crippen LogP contribution is -2.53. The van der Waals surface area contributed by atoms with E-state index in [1.54, 1.807) is 12.1 Å². The number of nitrogens with one attached hydrogen (secondary N) is 1. The van der Waals surface area contributed by atoms with Crippen LogP contribution in [-0.2, 0) is 32.6 Å². The summed E-state index contributed by atoms with van der Waals surface area (Å²) in [6.07, 6.45) is 4.09. The largest absolute Gasteiger partial charge is 0.354 e. The van der Waals surface area contributed by atoms with Crippen molar-refractivity contribution in [2.45, 2.75) is 45.2 Å². The van der Waals surface area contributed by atoms with E-state index in [-0.39, 0.29) is 18.9 Å². The predicted octanol–water partition coefficient (Wildman–Crippen LogP) is 2.96. The Morgan fingerprint density at radius 3 is 2.24 bits per heavy atom. The van der Waals surface area contributed by atoms with E-state index in [0.717, 1.165) is 35.4 Å². The molecule has 0 aliphatic carbocycles. The van der Waals surface area contributed by atoms with Gasteiger partial charge in [-0.2, -0.15) is 4.31 Å². The van der Waals surface area contributed by atoms with E-state index >= 15 is 0 Å². The summed E-state index contributed by atoms with van der Waals surface area (Å²) in [6, 6.07) is 14.1. The monoisotopic (exact) mass is 491 g/mol. The second-order valence-electron chi connectivity index (χ2n) is 8.37. The van der Waals surface area contributed by atoms with Gasteiger partial charge < -0.3 is 10.2 Å². The van der Waals surface area contributed by atoms with Crippen LogP contribution in [0.4, 0.5) is 4.39 Å². The fraction of sp³-hybridized carbons (Fsp3) is 0.440. The molecule has 2 aromatic carbocycles. The van der Waals surface area contributed by atoms with Crippen LogP contribution in [0.15, 0.2) is 54.6 Å². The Morgan fingerprint density at radius 2 is 1.65 bits per heavy atom. The first kappa shape index (κ1) is 27.5. The zero-order valence-corrected chi connectivity index (χ0v) is 20.9. The predicted molar refractivity (Wildman–Crippen MR) is 131 cm³/mol. The Kier molecular flexibility index (Phi) is 10.7. The fourth-order valence-electron chi connectivity index (χ4n) is 3.44. The molecule has 2 aromatic rings. The van der Waals surface area contributed by atoms with Crippen molar-refractivity contribution in [2.75, 3.05) is 26.4 Å². The van der Waals surface area contributed by atoms with Crippen LogP contribution in [0.25, 0.3) is 0 Å². The van der Waals surface area contributed by atoms with Gasteiger partial charge in [0.15, 0.2) is 0 Å². The smallest absolute Gasteiger partial charge is 0.243 e. The van der Waals surface area contributed by atoms with Gasteiger partial charge in [-0.3, -0.25) is 9.59 Å². The Morgan fingerprint density at radius 1 is 1.00 bits per heavy atom. The average Bonchev–Trinajstić information content (AvgIpc) is 2.80. The second kappa shape index (κ2) is 13.2. The minimum absolute atomic E-state index is 0.0383. The Bertz CT molecular complexity index is 1030. The molecule has 9 heteroatoms. The maximum absolute atomic E-state index is 13.4. The molecule has 0 heterocycles. The molecule has 0 saturated carbocycles. The fourth-order valence-corrected chi connectivity index (χ4v) is 3.79. The average molecular weight is 492 g/mol. The number of carbonyl (C=O) groups excluding carboxylic acids is 2. The molecule has 2 amide bonds. The highest BCUT2D eigenvalue weighted by Gasteiger charge is 2.31. The van der Waals surface area contributed by atoms with Crippen LogP contribution in [0.3, 0.4) is 0 Å². The van der Waals surface area contributed by atoms with Crippen molar-refractivity contribution in [2.24, 2.45) is 0 Å². The molecule has 0 spiro atoms. The lowest BCUT2D eigenvalue weighted by Gasteiger charge is -2.32. The first-order chi connectivity index (χ1) is 16.1. The molecule has 7 nitrogen and oxygen atoms in total. The van der Waals surface area contributed by atoms with Crippen molar-refractivity contribution in [3.8, 4) is 0 Å². The van der Waals surface area contributed by atoms with Crippen molar-refractivity contribution in [1.29, 1.82) is 0 Å². The van der Waals surface area contributed by atoms with E-state index in [9.17, 15) is 22.4 Å². The number of hydrogen-bond donors (Lipinski definition) is 1. The standard InChI is InChI=1S/C25H34FN3O4S/c1-4-5-9-16-27-25(31)23(17-20-10-7-6-8-11-20)29(18-21-12-14-22(26)15-13-21)24(30)19-28(2)34(3,32)33/h6-8,10-15,23H,4-5,9,16-19H2,1-3H3,(H,27,31). The van der Waals surface area contributed by atoms with Crippen LogP contribution in [0, 0.1) is 5.82 Å². The molecule has 1 atom stereocenters. The molecule has 0 aliphatic heterocycles. The van der Waals surface area contributed by atoms with Crippen LogP contribution in [0.2, 0.25) is 0 Å². The first-order valence-corrected chi connectivity index (χ1v) is 13.2. The lowest BCUT2D eigenvalue weighted by atomic mass is 10.0. The minimum atomic E-state index is -3.60. The zero-order valence-electron chi connectivity index (χ0n) is 20.0. The second-order valence-corrected chi connectivity index (χ2v) is 10.5. The number of hydrogen-bond acceptors (Lipinski definition) is 4. The third-order valence-electron chi connectivity index (χ3n) is 5.54. The van der Waals surface area contributed by atoms with E-state index in [1.807, 2.05) is 30.3 Å². The van der Waals surface area contributed by atoms with Crippen molar-refractivity contribution >= 4 is 21.8 Å². The number of unbranched alkanes of at least 4 members (excludes halogenated alkanes) is 2. The molecule has 34 heavy (non-hydrogen) atoms. The molecule has 0 bridgehead atoms. The van der Waals surface area contributed by atoms with Crippen LogP contribution in [0.5, 0.6) is 0 Å². The molecule has 186 valence electrons. The van der Waals surface area contributed by atoms with Gasteiger partial charge in [-0.25, -0.2) is 12.8 Å². The van der Waals surface area contributed by atoms with Gasteiger partial charge in [0.1, 0.15) is 11.9 Å². The van der Waals surface area contributed by atoms with E-state index in [0.29, 0.717) is 12.1 Å². The van der Waals surface area contributed by atoms with Crippen LogP contribution >= 0.6 is 0 Å². The third-order valence-corrected chi connectivity index (χ3v) is 6.80. The maximum Gasteiger partial charge on any atom is 0.243 e. The van der Waals surface area contributed by atoms with Crippen molar-refractivity contribution in [3.05, 3.63) is 71.5 Å². The molecule has 0 radical (unpaired) electrons. The molecule has 0 aromatic heterocycles. The summed E-state index contributed by atoms with van der Waals surface area (Å²) in [5.41, 5.74) is 1.50. The summed E-state index contributed by atoms with van der Waals surface area (Å²) >= 11 is 0. The molecule has 0 fully saturated rings. The van der Waals surface area contributed by atoms with Gasteiger partial charge in [-0.15, -0.1) is 0 Å². The summed E-state index contributed by atoms with van der Waals surface area (Å²) in [6.45, 7) is 2.19. The summed E-state index contributed by atoms with van der Waals surface area (Å²) < 4.78 is 38.2. The Hall–Kier alpha value is -2.78. The van der Waals surface area contributed by atoms with E-state index in [2.05, 4.69) is 12.2 Å². The molecular weight excluding hydrogens is 457 g/mol. The Labute approximate surface area is 202 Å². The summed E-state index contributed by atoms with van der Waals surface area (Å²) in [7, 11) is -2.28. The summed E-state index contributed by atoms with van der Waals surface area (Å²) in [5, 5.41) is 2.93. The topological polar surface area (TPSA) is 86.8 Å². The quantitative estimate of drug-likeness (QED) is 0.437. The maximum atomic E-state index is 13.4. The van der Waals surface area contributed by atoms with Crippen LogP contribution in [0.1, 0.15) is 37.3 Å². The Balaban J connectivity index is 2.38. The number of likely N-dealkylation sites (N-methyl/N-ethyl adjacent to an activating group) is 1. The molecule has 2 rings (SSSR count). The SMILES string of the molecule is CCCCCNC(=O)C(Cc1ccccc1)N(Cc1ccc(F)cc1)C(=O)CN(C)S(C)(=O)=O. The van der Waals surface area contributed by atoms with Crippen molar-refractivity contribution in [1.82, 2.24) is 14.5 Å². The zero-order chi connectivity index (χ0) is 25.1. The molecule has 1 N–H and O–H groups in total. The number of halogens is 1. The molecule has 0 saturated heterocycles. The molecule has 0 aliphatic rings. The van der Waals surface area contributed by atoms with E-state index in [4.69, 9.17) is 0 Å².